The minimum absolute atomic E-state index is 0.134. The first-order valence-electron chi connectivity index (χ1n) is 10.4. The molecule has 27 heavy (non-hydrogen) atoms. The van der Waals surface area contributed by atoms with Gasteiger partial charge in [-0.2, -0.15) is 0 Å². The summed E-state index contributed by atoms with van der Waals surface area (Å²) in [4.78, 5) is 13.3. The second kappa shape index (κ2) is 7.98. The zero-order valence-corrected chi connectivity index (χ0v) is 16.3. The molecular weight excluding hydrogens is 332 g/mol. The smallest absolute Gasteiger partial charge is 0.170 e. The molecule has 142 valence electrons. The van der Waals surface area contributed by atoms with Crippen molar-refractivity contribution in [3.63, 3.8) is 0 Å². The number of hydrogen-bond donors (Lipinski definition) is 0. The quantitative estimate of drug-likeness (QED) is 0.653. The number of Topliss-reactive ketones (excluding diaryl/α,β-unsaturated/α-hetero) is 1. The van der Waals surface area contributed by atoms with Crippen LogP contribution in [0.25, 0.3) is 0 Å². The summed E-state index contributed by atoms with van der Waals surface area (Å²) in [6, 6.07) is 20.2. The Morgan fingerprint density at radius 3 is 2.26 bits per heavy atom. The third kappa shape index (κ3) is 4.01. The number of ether oxygens (including phenoxy) is 1. The van der Waals surface area contributed by atoms with Crippen LogP contribution >= 0.6 is 0 Å². The topological polar surface area (TPSA) is 26.3 Å². The molecule has 2 aromatic carbocycles. The van der Waals surface area contributed by atoms with E-state index in [1.54, 1.807) is 0 Å². The van der Waals surface area contributed by atoms with Crippen molar-refractivity contribution in [1.29, 1.82) is 0 Å². The molecule has 0 aliphatic heterocycles. The lowest BCUT2D eigenvalue weighted by Crippen LogP contribution is -2.45. The molecule has 0 N–H and O–H groups in total. The van der Waals surface area contributed by atoms with Crippen LogP contribution in [0.1, 0.15) is 62.5 Å². The highest BCUT2D eigenvalue weighted by Gasteiger charge is 2.43. The molecule has 0 unspecified atom stereocenters. The summed E-state index contributed by atoms with van der Waals surface area (Å²) in [5.74, 6) is 1.41. The van der Waals surface area contributed by atoms with Gasteiger partial charge in [0, 0.05) is 0 Å². The summed E-state index contributed by atoms with van der Waals surface area (Å²) < 4.78 is 6.39. The van der Waals surface area contributed by atoms with E-state index < -0.39 is 0 Å². The monoisotopic (exact) mass is 362 g/mol. The van der Waals surface area contributed by atoms with Crippen LogP contribution in [-0.2, 0) is 9.53 Å². The molecule has 0 aromatic heterocycles. The highest BCUT2D eigenvalue weighted by Crippen LogP contribution is 2.47. The van der Waals surface area contributed by atoms with Gasteiger partial charge < -0.3 is 4.74 Å². The van der Waals surface area contributed by atoms with Gasteiger partial charge in [0.2, 0.25) is 0 Å². The van der Waals surface area contributed by atoms with Gasteiger partial charge in [-0.1, -0.05) is 73.5 Å². The van der Waals surface area contributed by atoms with Crippen LogP contribution in [-0.4, -0.2) is 18.0 Å². The van der Waals surface area contributed by atoms with E-state index in [-0.39, 0.29) is 23.9 Å². The second-order valence-corrected chi connectivity index (χ2v) is 8.59. The van der Waals surface area contributed by atoms with E-state index in [4.69, 9.17) is 4.74 Å². The molecule has 2 aliphatic rings. The SMILES string of the molecule is C[C@]1(OCC(=O)C(c2ccccc2)c2ccccc2)CC[C@@H]2CCC[C@H]1C2. The second-order valence-electron chi connectivity index (χ2n) is 8.59. The van der Waals surface area contributed by atoms with Gasteiger partial charge >= 0.3 is 0 Å². The van der Waals surface area contributed by atoms with Gasteiger partial charge in [0.05, 0.1) is 11.5 Å². The average Bonchev–Trinajstić information content (AvgIpc) is 2.72. The molecule has 2 saturated carbocycles. The van der Waals surface area contributed by atoms with Crippen LogP contribution in [0, 0.1) is 11.8 Å². The van der Waals surface area contributed by atoms with Crippen molar-refractivity contribution in [2.45, 2.75) is 57.0 Å². The first-order valence-corrected chi connectivity index (χ1v) is 10.4. The zero-order chi connectivity index (χ0) is 18.7. The maximum absolute atomic E-state index is 13.3. The molecule has 2 aliphatic carbocycles. The van der Waals surface area contributed by atoms with Gasteiger partial charge in [-0.15, -0.1) is 0 Å². The Morgan fingerprint density at radius 2 is 1.63 bits per heavy atom. The molecule has 2 fully saturated rings. The van der Waals surface area contributed by atoms with Crippen molar-refractivity contribution >= 4 is 5.78 Å². The Bertz CT molecular complexity index is 715. The Kier molecular flexibility index (Phi) is 5.45. The summed E-state index contributed by atoms with van der Waals surface area (Å²) >= 11 is 0. The van der Waals surface area contributed by atoms with E-state index in [1.165, 1.54) is 32.1 Å². The van der Waals surface area contributed by atoms with E-state index >= 15 is 0 Å². The van der Waals surface area contributed by atoms with Crippen molar-refractivity contribution in [3.05, 3.63) is 71.8 Å². The average molecular weight is 363 g/mol. The van der Waals surface area contributed by atoms with Crippen LogP contribution in [0.2, 0.25) is 0 Å². The Balaban J connectivity index is 1.51. The minimum atomic E-state index is -0.251. The number of hydrogen-bond acceptors (Lipinski definition) is 2. The third-order valence-corrected chi connectivity index (χ3v) is 6.83. The maximum atomic E-state index is 13.3. The predicted octanol–water partition coefficient (Wildman–Crippen LogP) is 5.76. The Hall–Kier alpha value is -1.93. The molecule has 4 rings (SSSR count). The summed E-state index contributed by atoms with van der Waals surface area (Å²) in [6.07, 6.45) is 7.58. The highest BCUT2D eigenvalue weighted by atomic mass is 16.5. The Morgan fingerprint density at radius 1 is 1.00 bits per heavy atom. The molecule has 0 heterocycles. The van der Waals surface area contributed by atoms with Gasteiger partial charge in [-0.25, -0.2) is 0 Å². The maximum Gasteiger partial charge on any atom is 0.170 e. The molecule has 2 nitrogen and oxygen atoms in total. The lowest BCUT2D eigenvalue weighted by molar-refractivity contribution is -0.145. The summed E-state index contributed by atoms with van der Waals surface area (Å²) in [6.45, 7) is 2.44. The predicted molar refractivity (Wildman–Crippen MR) is 109 cm³/mol. The zero-order valence-electron chi connectivity index (χ0n) is 16.3. The van der Waals surface area contributed by atoms with E-state index in [2.05, 4.69) is 6.92 Å². The normalized spacial score (nSPS) is 27.5. The number of carbonyl (C=O) groups excluding carboxylic acids is 1. The van der Waals surface area contributed by atoms with Crippen LogP contribution < -0.4 is 0 Å². The minimum Gasteiger partial charge on any atom is -0.367 e. The van der Waals surface area contributed by atoms with Gasteiger partial charge in [0.15, 0.2) is 5.78 Å². The number of benzene rings is 2. The Labute approximate surface area is 162 Å². The van der Waals surface area contributed by atoms with Crippen molar-refractivity contribution in [1.82, 2.24) is 0 Å². The standard InChI is InChI=1S/C25H30O2/c1-25(16-15-19-9-8-14-22(25)17-19)27-18-23(26)24(20-10-4-2-5-11-20)21-12-6-3-7-13-21/h2-7,10-13,19,22,24H,8-9,14-18H2,1H3/t19-,22-,25-/m0/s1. The molecule has 0 amide bonds. The number of fused-ring (bicyclic) bond motifs is 2. The van der Waals surface area contributed by atoms with Gasteiger partial charge in [-0.3, -0.25) is 4.79 Å². The first-order chi connectivity index (χ1) is 13.2. The lowest BCUT2D eigenvalue weighted by atomic mass is 9.65. The van der Waals surface area contributed by atoms with Crippen molar-refractivity contribution in [2.75, 3.05) is 6.61 Å². The highest BCUT2D eigenvalue weighted by molar-refractivity contribution is 5.90. The molecule has 3 atom stereocenters. The molecule has 2 aromatic rings. The number of carbonyl (C=O) groups is 1. The fourth-order valence-corrected chi connectivity index (χ4v) is 5.17. The lowest BCUT2D eigenvalue weighted by Gasteiger charge is -2.47. The molecule has 0 radical (unpaired) electrons. The number of rotatable bonds is 6. The summed E-state index contributed by atoms with van der Waals surface area (Å²) in [5.41, 5.74) is 1.96. The van der Waals surface area contributed by atoms with Gasteiger partial charge in [-0.05, 0) is 55.6 Å². The first kappa shape index (κ1) is 18.4. The van der Waals surface area contributed by atoms with Crippen LogP contribution in [0.4, 0.5) is 0 Å². The molecule has 0 saturated heterocycles. The van der Waals surface area contributed by atoms with Crippen LogP contribution in [0.5, 0.6) is 0 Å². The van der Waals surface area contributed by atoms with Crippen molar-refractivity contribution in [2.24, 2.45) is 11.8 Å². The summed E-state index contributed by atoms with van der Waals surface area (Å²) in [7, 11) is 0. The van der Waals surface area contributed by atoms with Gasteiger partial charge in [0.1, 0.15) is 6.61 Å². The van der Waals surface area contributed by atoms with Crippen LogP contribution in [0.3, 0.4) is 0 Å². The summed E-state index contributed by atoms with van der Waals surface area (Å²) in [5, 5.41) is 0. The van der Waals surface area contributed by atoms with Gasteiger partial charge in [0.25, 0.3) is 0 Å². The third-order valence-electron chi connectivity index (χ3n) is 6.83. The van der Waals surface area contributed by atoms with Crippen molar-refractivity contribution in [3.8, 4) is 0 Å². The van der Waals surface area contributed by atoms with Crippen molar-refractivity contribution < 1.29 is 9.53 Å². The van der Waals surface area contributed by atoms with E-state index in [0.717, 1.165) is 23.5 Å². The molecule has 2 bridgehead atoms. The molecule has 0 spiro atoms. The van der Waals surface area contributed by atoms with Crippen LogP contribution in [0.15, 0.2) is 60.7 Å². The number of ketones is 1. The van der Waals surface area contributed by atoms with E-state index in [1.807, 2.05) is 60.7 Å². The molecular formula is C25H30O2. The fraction of sp³-hybridized carbons (Fsp3) is 0.480. The fourth-order valence-electron chi connectivity index (χ4n) is 5.17. The van der Waals surface area contributed by atoms with E-state index in [9.17, 15) is 4.79 Å². The molecule has 2 heteroatoms. The largest absolute Gasteiger partial charge is 0.367 e. The van der Waals surface area contributed by atoms with E-state index in [0.29, 0.717) is 5.92 Å².